The quantitative estimate of drug-likeness (QED) is 0.0409. The van der Waals surface area contributed by atoms with Gasteiger partial charge in [0.25, 0.3) is 0 Å². The van der Waals surface area contributed by atoms with Crippen LogP contribution in [0.15, 0.2) is 12.2 Å². The fourth-order valence-corrected chi connectivity index (χ4v) is 6.97. The molecule has 3 unspecified atom stereocenters. The van der Waals surface area contributed by atoms with Gasteiger partial charge in [0, 0.05) is 19.3 Å². The zero-order valence-corrected chi connectivity index (χ0v) is 28.4. The average Bonchev–Trinajstić information content (AvgIpc) is 2.96. The molecular formula is C36H68NO6+. The first-order valence-corrected chi connectivity index (χ1v) is 17.9. The van der Waals surface area contributed by atoms with Crippen molar-refractivity contribution in [2.45, 2.75) is 193 Å². The van der Waals surface area contributed by atoms with E-state index in [-0.39, 0.29) is 25.8 Å². The second-order valence-electron chi connectivity index (χ2n) is 12.6. The van der Waals surface area contributed by atoms with Crippen LogP contribution in [0.25, 0.3) is 0 Å². The van der Waals surface area contributed by atoms with E-state index in [1.165, 1.54) is 103 Å². The number of allylic oxidation sites excluding steroid dienone is 2. The van der Waals surface area contributed by atoms with Gasteiger partial charge in [0.15, 0.2) is 18.1 Å². The first-order valence-electron chi connectivity index (χ1n) is 17.9. The van der Waals surface area contributed by atoms with Gasteiger partial charge >= 0.3 is 17.9 Å². The second-order valence-corrected chi connectivity index (χ2v) is 12.6. The molecule has 0 fully saturated rings. The first kappa shape index (κ1) is 41.1. The third-order valence-electron chi connectivity index (χ3n) is 9.31. The van der Waals surface area contributed by atoms with Crippen LogP contribution < -0.4 is 0 Å². The Morgan fingerprint density at radius 1 is 0.465 bits per heavy atom. The van der Waals surface area contributed by atoms with Gasteiger partial charge in [0.2, 0.25) is 0 Å². The molecule has 0 aliphatic heterocycles. The van der Waals surface area contributed by atoms with Crippen molar-refractivity contribution in [2.75, 3.05) is 6.54 Å². The molecule has 0 rings (SSSR count). The smallest absolute Gasteiger partial charge is 0.362 e. The minimum absolute atomic E-state index is 0.193. The van der Waals surface area contributed by atoms with Crippen molar-refractivity contribution in [1.82, 2.24) is 0 Å². The molecule has 0 spiro atoms. The molecule has 0 bridgehead atoms. The number of carbonyl (C=O) groups is 3. The predicted octanol–water partition coefficient (Wildman–Crippen LogP) is 9.77. The Kier molecular flexibility index (Phi) is 25.3. The Bertz CT molecular complexity index is 697. The van der Waals surface area contributed by atoms with Gasteiger partial charge in [0.1, 0.15) is 0 Å². The molecule has 0 aromatic carbocycles. The van der Waals surface area contributed by atoms with Gasteiger partial charge < -0.3 is 15.3 Å². The van der Waals surface area contributed by atoms with Gasteiger partial charge in [-0.3, -0.25) is 4.48 Å². The van der Waals surface area contributed by atoms with Gasteiger partial charge in [-0.1, -0.05) is 130 Å². The number of quaternary nitrogens is 1. The lowest BCUT2D eigenvalue weighted by Crippen LogP contribution is -2.72. The van der Waals surface area contributed by atoms with E-state index in [1.54, 1.807) is 20.8 Å². The zero-order chi connectivity index (χ0) is 32.3. The number of aliphatic carboxylic acids is 3. The summed E-state index contributed by atoms with van der Waals surface area (Å²) in [6.45, 7) is 7.66. The Labute approximate surface area is 264 Å². The molecule has 0 saturated heterocycles. The maximum absolute atomic E-state index is 12.3. The van der Waals surface area contributed by atoms with E-state index < -0.39 is 40.5 Å². The van der Waals surface area contributed by atoms with Crippen LogP contribution in [0, 0.1) is 0 Å². The fourth-order valence-electron chi connectivity index (χ4n) is 6.97. The molecule has 0 saturated carbocycles. The minimum atomic E-state index is -1.11. The van der Waals surface area contributed by atoms with Gasteiger partial charge in [-0.25, -0.2) is 14.4 Å². The maximum Gasteiger partial charge on any atom is 0.362 e. The van der Waals surface area contributed by atoms with Crippen molar-refractivity contribution >= 4 is 17.9 Å². The number of carboxylic acids is 3. The van der Waals surface area contributed by atoms with Crippen molar-refractivity contribution in [3.8, 4) is 0 Å². The van der Waals surface area contributed by atoms with Gasteiger partial charge in [0.05, 0.1) is 6.54 Å². The predicted molar refractivity (Wildman–Crippen MR) is 177 cm³/mol. The van der Waals surface area contributed by atoms with E-state index in [9.17, 15) is 29.7 Å². The summed E-state index contributed by atoms with van der Waals surface area (Å²) in [6.07, 6.45) is 29.8. The second kappa shape index (κ2) is 26.5. The van der Waals surface area contributed by atoms with Crippen LogP contribution in [-0.4, -0.2) is 62.4 Å². The third kappa shape index (κ3) is 16.7. The molecule has 0 radical (unpaired) electrons. The number of rotatable bonds is 31. The summed E-state index contributed by atoms with van der Waals surface area (Å²) in [5.74, 6) is -3.34. The minimum Gasteiger partial charge on any atom is -0.477 e. The summed E-state index contributed by atoms with van der Waals surface area (Å²) >= 11 is 0. The monoisotopic (exact) mass is 611 g/mol. The van der Waals surface area contributed by atoms with E-state index in [4.69, 9.17) is 0 Å². The molecular weight excluding hydrogens is 542 g/mol. The van der Waals surface area contributed by atoms with Crippen molar-refractivity contribution in [2.24, 2.45) is 0 Å². The Morgan fingerprint density at radius 3 is 1.02 bits per heavy atom. The highest BCUT2D eigenvalue weighted by Gasteiger charge is 2.55. The van der Waals surface area contributed by atoms with Crippen LogP contribution in [0.3, 0.4) is 0 Å². The lowest BCUT2D eigenvalue weighted by molar-refractivity contribution is -0.973. The van der Waals surface area contributed by atoms with Crippen LogP contribution in [0.2, 0.25) is 0 Å². The van der Waals surface area contributed by atoms with Crippen LogP contribution in [0.4, 0.5) is 0 Å². The van der Waals surface area contributed by atoms with E-state index in [0.717, 1.165) is 19.3 Å². The summed E-state index contributed by atoms with van der Waals surface area (Å²) in [5, 5.41) is 30.1. The van der Waals surface area contributed by atoms with E-state index >= 15 is 0 Å². The van der Waals surface area contributed by atoms with E-state index in [1.807, 2.05) is 0 Å². The van der Waals surface area contributed by atoms with Gasteiger partial charge in [-0.15, -0.1) is 0 Å². The number of nitrogens with zero attached hydrogens (tertiary/aromatic N) is 1. The normalized spacial score (nSPS) is 15.3. The van der Waals surface area contributed by atoms with Crippen LogP contribution in [0.1, 0.15) is 175 Å². The Hall–Kier alpha value is -1.89. The Morgan fingerprint density at radius 2 is 0.744 bits per heavy atom. The van der Waals surface area contributed by atoms with Crippen molar-refractivity contribution in [3.05, 3.63) is 12.2 Å². The summed E-state index contributed by atoms with van der Waals surface area (Å²) in [6, 6.07) is -3.19. The van der Waals surface area contributed by atoms with Crippen molar-refractivity contribution in [1.29, 1.82) is 0 Å². The fraction of sp³-hybridized carbons (Fsp3) is 0.861. The topological polar surface area (TPSA) is 112 Å². The molecule has 3 N–H and O–H groups in total. The van der Waals surface area contributed by atoms with Gasteiger partial charge in [-0.05, 0) is 38.5 Å². The largest absolute Gasteiger partial charge is 0.477 e. The molecule has 0 aliphatic rings. The number of unbranched alkanes of at least 4 members (excludes halogenated alkanes) is 18. The number of hydrogen-bond acceptors (Lipinski definition) is 3. The van der Waals surface area contributed by atoms with Crippen LogP contribution in [-0.2, 0) is 14.4 Å². The molecule has 0 aliphatic carbocycles. The first-order chi connectivity index (χ1) is 20.7. The Balaban J connectivity index is 4.31. The number of carboxylic acid groups (broad SMARTS) is 3. The zero-order valence-electron chi connectivity index (χ0n) is 28.4. The molecule has 43 heavy (non-hydrogen) atoms. The lowest BCUT2D eigenvalue weighted by Gasteiger charge is -2.49. The molecule has 0 amide bonds. The summed E-state index contributed by atoms with van der Waals surface area (Å²) in [5.41, 5.74) is 0. The van der Waals surface area contributed by atoms with Crippen LogP contribution >= 0.6 is 0 Å². The molecule has 7 nitrogen and oxygen atoms in total. The number of hydrogen-bond donors (Lipinski definition) is 3. The highest BCUT2D eigenvalue weighted by atomic mass is 16.4. The lowest BCUT2D eigenvalue weighted by atomic mass is 9.93. The highest BCUT2D eigenvalue weighted by molar-refractivity contribution is 5.78. The summed E-state index contributed by atoms with van der Waals surface area (Å²) < 4.78 is -0.405. The molecule has 0 aromatic rings. The average molecular weight is 611 g/mol. The standard InChI is InChI=1S/C36H67NO6/c1-5-9-10-11-12-13-14-15-16-17-18-19-20-21-22-23-24-25-26-27-28-29-30-37(31(6-2)34(38)39,32(7-3)35(40)41)33(8-4)36(42)43/h17-18,31-33H,5-16,19-30H2,1-4H3,(H2-,38,39,40,41,42,43)/p+1/b18-17+. The SMILES string of the molecule is CCCCCCCCCC/C=C/CCCCCCCCCCCC[N+](C(CC)C(=O)O)(C(CC)C(=O)O)C(CC)C(=O)O. The van der Waals surface area contributed by atoms with Crippen molar-refractivity contribution < 1.29 is 34.2 Å². The molecule has 7 heteroatoms. The third-order valence-corrected chi connectivity index (χ3v) is 9.31. The molecule has 252 valence electrons. The van der Waals surface area contributed by atoms with E-state index in [2.05, 4.69) is 19.1 Å². The summed E-state index contributed by atoms with van der Waals surface area (Å²) in [7, 11) is 0. The van der Waals surface area contributed by atoms with Gasteiger partial charge in [-0.2, -0.15) is 0 Å². The molecule has 0 aromatic heterocycles. The van der Waals surface area contributed by atoms with Crippen molar-refractivity contribution in [3.63, 3.8) is 0 Å². The van der Waals surface area contributed by atoms with Crippen LogP contribution in [0.5, 0.6) is 0 Å². The molecule has 3 atom stereocenters. The highest BCUT2D eigenvalue weighted by Crippen LogP contribution is 2.32. The van der Waals surface area contributed by atoms with E-state index in [0.29, 0.717) is 6.42 Å². The maximum atomic E-state index is 12.3. The molecule has 0 heterocycles. The summed E-state index contributed by atoms with van der Waals surface area (Å²) in [4.78, 5) is 36.8.